The summed E-state index contributed by atoms with van der Waals surface area (Å²) in [7, 11) is 2.28. The predicted molar refractivity (Wildman–Crippen MR) is 88.5 cm³/mol. The third kappa shape index (κ3) is 2.31. The van der Waals surface area contributed by atoms with E-state index in [4.69, 9.17) is 18.0 Å². The highest BCUT2D eigenvalue weighted by Gasteiger charge is 2.35. The molecule has 2 unspecified atom stereocenters. The minimum absolute atomic E-state index is 0.506. The van der Waals surface area contributed by atoms with Crippen LogP contribution in [-0.2, 0) is 0 Å². The van der Waals surface area contributed by atoms with Gasteiger partial charge in [0.25, 0.3) is 0 Å². The average molecular weight is 289 g/mol. The normalized spacial score (nSPS) is 26.6. The zero-order chi connectivity index (χ0) is 14.3. The zero-order valence-corrected chi connectivity index (χ0v) is 13.1. The molecule has 2 bridgehead atoms. The number of aryl methyl sites for hydroxylation is 1. The fourth-order valence-corrected chi connectivity index (χ4v) is 3.95. The molecular formula is C16H23N3S. The van der Waals surface area contributed by atoms with Gasteiger partial charge in [-0.3, -0.25) is 4.90 Å². The zero-order valence-electron chi connectivity index (χ0n) is 12.3. The van der Waals surface area contributed by atoms with Crippen molar-refractivity contribution >= 4 is 22.9 Å². The first kappa shape index (κ1) is 13.8. The molecule has 108 valence electrons. The number of thiocarbonyl (C=S) groups is 1. The van der Waals surface area contributed by atoms with Crippen molar-refractivity contribution in [1.82, 2.24) is 4.90 Å². The maximum Gasteiger partial charge on any atom is 0.106 e. The largest absolute Gasteiger partial charge is 0.389 e. The summed E-state index contributed by atoms with van der Waals surface area (Å²) in [6, 6.07) is 7.67. The summed E-state index contributed by atoms with van der Waals surface area (Å²) in [5.41, 5.74) is 9.48. The van der Waals surface area contributed by atoms with Gasteiger partial charge in [0.2, 0.25) is 0 Å². The molecule has 0 spiro atoms. The van der Waals surface area contributed by atoms with E-state index < -0.39 is 0 Å². The summed E-state index contributed by atoms with van der Waals surface area (Å²) in [5.74, 6) is 0. The lowest BCUT2D eigenvalue weighted by atomic mass is 10.0. The van der Waals surface area contributed by atoms with Crippen molar-refractivity contribution in [3.63, 3.8) is 0 Å². The first-order valence-electron chi connectivity index (χ1n) is 7.44. The van der Waals surface area contributed by atoms with Crippen molar-refractivity contribution in [3.8, 4) is 0 Å². The van der Waals surface area contributed by atoms with E-state index in [-0.39, 0.29) is 0 Å². The number of nitrogens with two attached hydrogens (primary N) is 1. The van der Waals surface area contributed by atoms with Crippen LogP contribution in [0, 0.1) is 6.92 Å². The van der Waals surface area contributed by atoms with Crippen LogP contribution >= 0.6 is 12.2 Å². The molecule has 0 amide bonds. The summed E-state index contributed by atoms with van der Waals surface area (Å²) in [4.78, 5) is 5.58. The van der Waals surface area contributed by atoms with Crippen LogP contribution in [0.4, 0.5) is 5.69 Å². The third-order valence-corrected chi connectivity index (χ3v) is 5.19. The standard InChI is InChI=1S/C16H23N3S/c1-11-4-3-5-14(16(17)20)15(11)19-9-8-12-6-7-13(10-19)18(12)2/h3-5,12-13H,6-10H2,1-2H3,(H2,17,20). The summed E-state index contributed by atoms with van der Waals surface area (Å²) in [6.07, 6.45) is 3.90. The maximum atomic E-state index is 5.93. The number of hydrogen-bond acceptors (Lipinski definition) is 3. The lowest BCUT2D eigenvalue weighted by Gasteiger charge is -2.30. The summed E-state index contributed by atoms with van der Waals surface area (Å²) in [5, 5.41) is 0. The molecule has 0 radical (unpaired) electrons. The van der Waals surface area contributed by atoms with E-state index in [0.29, 0.717) is 11.0 Å². The Bertz CT molecular complexity index is 528. The SMILES string of the molecule is Cc1cccc(C(N)=S)c1N1CCC2CCC(C1)N2C. The molecule has 1 aromatic rings. The minimum atomic E-state index is 0.506. The highest BCUT2D eigenvalue weighted by Crippen LogP contribution is 2.33. The summed E-state index contributed by atoms with van der Waals surface area (Å²) >= 11 is 5.24. The minimum Gasteiger partial charge on any atom is -0.389 e. The molecule has 2 heterocycles. The van der Waals surface area contributed by atoms with E-state index in [2.05, 4.69) is 35.9 Å². The Balaban J connectivity index is 1.95. The molecule has 4 heteroatoms. The van der Waals surface area contributed by atoms with Crippen LogP contribution < -0.4 is 10.6 Å². The Kier molecular flexibility index (Phi) is 3.69. The van der Waals surface area contributed by atoms with E-state index in [9.17, 15) is 0 Å². The van der Waals surface area contributed by atoms with Gasteiger partial charge in [0.05, 0.1) is 0 Å². The van der Waals surface area contributed by atoms with E-state index in [0.717, 1.165) is 24.7 Å². The van der Waals surface area contributed by atoms with Gasteiger partial charge in [-0.1, -0.05) is 24.4 Å². The van der Waals surface area contributed by atoms with Crippen LogP contribution in [0.25, 0.3) is 0 Å². The van der Waals surface area contributed by atoms with Crippen molar-refractivity contribution in [3.05, 3.63) is 29.3 Å². The molecule has 0 aromatic heterocycles. The number of anilines is 1. The van der Waals surface area contributed by atoms with Crippen LogP contribution in [0.1, 0.15) is 30.4 Å². The van der Waals surface area contributed by atoms with Gasteiger partial charge < -0.3 is 10.6 Å². The van der Waals surface area contributed by atoms with Gasteiger partial charge in [0, 0.05) is 36.4 Å². The number of benzene rings is 1. The monoisotopic (exact) mass is 289 g/mol. The van der Waals surface area contributed by atoms with Crippen LogP contribution in [0.5, 0.6) is 0 Å². The van der Waals surface area contributed by atoms with Crippen molar-refractivity contribution in [2.45, 2.75) is 38.3 Å². The summed E-state index contributed by atoms with van der Waals surface area (Å²) < 4.78 is 0. The fraction of sp³-hybridized carbons (Fsp3) is 0.562. The lowest BCUT2D eigenvalue weighted by Crippen LogP contribution is -2.37. The lowest BCUT2D eigenvalue weighted by molar-refractivity contribution is 0.254. The second-order valence-corrected chi connectivity index (χ2v) is 6.56. The highest BCUT2D eigenvalue weighted by atomic mass is 32.1. The Hall–Kier alpha value is -1.13. The van der Waals surface area contributed by atoms with Crippen molar-refractivity contribution in [2.24, 2.45) is 5.73 Å². The quantitative estimate of drug-likeness (QED) is 0.847. The Morgan fingerprint density at radius 1 is 1.25 bits per heavy atom. The van der Waals surface area contributed by atoms with E-state index in [1.807, 2.05) is 6.07 Å². The van der Waals surface area contributed by atoms with Gasteiger partial charge in [-0.05, 0) is 44.9 Å². The average Bonchev–Trinajstić information content (AvgIpc) is 2.64. The maximum absolute atomic E-state index is 5.93. The number of nitrogens with zero attached hydrogens (tertiary/aromatic N) is 2. The molecule has 20 heavy (non-hydrogen) atoms. The molecular weight excluding hydrogens is 266 g/mol. The molecule has 2 aliphatic heterocycles. The Morgan fingerprint density at radius 2 is 2.00 bits per heavy atom. The highest BCUT2D eigenvalue weighted by molar-refractivity contribution is 7.80. The van der Waals surface area contributed by atoms with Gasteiger partial charge in [-0.25, -0.2) is 0 Å². The van der Waals surface area contributed by atoms with E-state index >= 15 is 0 Å². The van der Waals surface area contributed by atoms with Crippen molar-refractivity contribution in [2.75, 3.05) is 25.0 Å². The molecule has 2 N–H and O–H groups in total. The number of likely N-dealkylation sites (N-methyl/N-ethyl adjacent to an activating group) is 1. The molecule has 2 atom stereocenters. The molecule has 2 aliphatic rings. The number of para-hydroxylation sites is 1. The van der Waals surface area contributed by atoms with Crippen molar-refractivity contribution < 1.29 is 0 Å². The van der Waals surface area contributed by atoms with Crippen LogP contribution in [-0.4, -0.2) is 42.1 Å². The molecule has 0 aliphatic carbocycles. The fourth-order valence-electron chi connectivity index (χ4n) is 3.79. The molecule has 2 saturated heterocycles. The second kappa shape index (κ2) is 5.34. The van der Waals surface area contributed by atoms with Crippen LogP contribution in [0.15, 0.2) is 18.2 Å². The van der Waals surface area contributed by atoms with Gasteiger partial charge in [0.15, 0.2) is 0 Å². The number of hydrogen-bond donors (Lipinski definition) is 1. The number of fused-ring (bicyclic) bond motifs is 2. The molecule has 3 rings (SSSR count). The smallest absolute Gasteiger partial charge is 0.106 e. The van der Waals surface area contributed by atoms with Gasteiger partial charge >= 0.3 is 0 Å². The molecule has 3 nitrogen and oxygen atoms in total. The van der Waals surface area contributed by atoms with Gasteiger partial charge in [-0.15, -0.1) is 0 Å². The van der Waals surface area contributed by atoms with E-state index in [1.54, 1.807) is 0 Å². The Morgan fingerprint density at radius 3 is 2.75 bits per heavy atom. The van der Waals surface area contributed by atoms with Crippen molar-refractivity contribution in [1.29, 1.82) is 0 Å². The second-order valence-electron chi connectivity index (χ2n) is 6.12. The first-order valence-corrected chi connectivity index (χ1v) is 7.85. The molecule has 2 fully saturated rings. The number of rotatable bonds is 2. The van der Waals surface area contributed by atoms with Crippen LogP contribution in [0.2, 0.25) is 0 Å². The predicted octanol–water partition coefficient (Wildman–Crippen LogP) is 2.30. The van der Waals surface area contributed by atoms with Gasteiger partial charge in [0.1, 0.15) is 4.99 Å². The van der Waals surface area contributed by atoms with Gasteiger partial charge in [-0.2, -0.15) is 0 Å². The first-order chi connectivity index (χ1) is 9.58. The van der Waals surface area contributed by atoms with Crippen LogP contribution in [0.3, 0.4) is 0 Å². The third-order valence-electron chi connectivity index (χ3n) is 4.97. The topological polar surface area (TPSA) is 32.5 Å². The summed E-state index contributed by atoms with van der Waals surface area (Å²) in [6.45, 7) is 4.35. The molecule has 0 saturated carbocycles. The Labute approximate surface area is 126 Å². The van der Waals surface area contributed by atoms with E-state index in [1.165, 1.54) is 30.5 Å². The molecule has 1 aromatic carbocycles.